The molecule has 0 amide bonds. The predicted molar refractivity (Wildman–Crippen MR) is 161 cm³/mol. The molecule has 0 aliphatic heterocycles. The summed E-state index contributed by atoms with van der Waals surface area (Å²) in [6, 6.07) is 38.4. The van der Waals surface area contributed by atoms with E-state index in [2.05, 4.69) is 119 Å². The van der Waals surface area contributed by atoms with Crippen molar-refractivity contribution in [2.45, 2.75) is 0 Å². The van der Waals surface area contributed by atoms with Gasteiger partial charge in [0.15, 0.2) is 11.6 Å². The first-order chi connectivity index (χ1) is 18.7. The number of benzene rings is 6. The summed E-state index contributed by atoms with van der Waals surface area (Å²) < 4.78 is 2.51. The van der Waals surface area contributed by atoms with Crippen LogP contribution in [-0.4, -0.2) is 15.0 Å². The molecule has 0 atom stereocenters. The third-order valence-electron chi connectivity index (χ3n) is 7.25. The van der Waals surface area contributed by atoms with Crippen LogP contribution >= 0.6 is 22.9 Å². The molecule has 0 saturated carbocycles. The zero-order chi connectivity index (χ0) is 25.2. The van der Waals surface area contributed by atoms with E-state index >= 15 is 0 Å². The second-order valence-corrected chi connectivity index (χ2v) is 10.8. The van der Waals surface area contributed by atoms with Crippen LogP contribution in [0.3, 0.4) is 0 Å². The Balaban J connectivity index is 1.33. The zero-order valence-corrected chi connectivity index (χ0v) is 21.6. The second kappa shape index (κ2) is 8.32. The lowest BCUT2D eigenvalue weighted by Crippen LogP contribution is -1.97. The quantitative estimate of drug-likeness (QED) is 0.212. The first-order valence-corrected chi connectivity index (χ1v) is 13.6. The molecule has 2 heterocycles. The molecule has 0 bridgehead atoms. The summed E-state index contributed by atoms with van der Waals surface area (Å²) in [5, 5.41) is 9.93. The molecule has 2 aromatic heterocycles. The lowest BCUT2D eigenvalue weighted by molar-refractivity contribution is 1.07. The van der Waals surface area contributed by atoms with Gasteiger partial charge in [-0.05, 0) is 74.3 Å². The minimum absolute atomic E-state index is 0.184. The highest BCUT2D eigenvalue weighted by Gasteiger charge is 2.14. The van der Waals surface area contributed by atoms with Crippen molar-refractivity contribution in [1.29, 1.82) is 0 Å². The third-order valence-corrected chi connectivity index (χ3v) is 8.57. The highest BCUT2D eigenvalue weighted by molar-refractivity contribution is 7.25. The lowest BCUT2D eigenvalue weighted by Gasteiger charge is -2.12. The Hall–Kier alpha value is -4.38. The fourth-order valence-corrected chi connectivity index (χ4v) is 6.77. The molecule has 0 spiro atoms. The molecular weight excluding hydrogens is 506 g/mol. The molecule has 0 saturated heterocycles. The molecule has 8 aromatic rings. The summed E-state index contributed by atoms with van der Waals surface area (Å²) in [5.41, 5.74) is 1.83. The Morgan fingerprint density at radius 2 is 0.895 bits per heavy atom. The van der Waals surface area contributed by atoms with Gasteiger partial charge >= 0.3 is 0 Å². The Labute approximate surface area is 227 Å². The summed E-state index contributed by atoms with van der Waals surface area (Å²) in [7, 11) is 0. The minimum Gasteiger partial charge on any atom is -0.208 e. The van der Waals surface area contributed by atoms with Gasteiger partial charge in [0.1, 0.15) is 0 Å². The fraction of sp³-hybridized carbons (Fsp3) is 0. The van der Waals surface area contributed by atoms with E-state index in [1.165, 1.54) is 52.5 Å². The van der Waals surface area contributed by atoms with Crippen LogP contribution in [0.5, 0.6) is 0 Å². The van der Waals surface area contributed by atoms with Crippen molar-refractivity contribution in [3.8, 4) is 22.8 Å². The second-order valence-electron chi connectivity index (χ2n) is 9.41. The molecule has 0 fully saturated rings. The van der Waals surface area contributed by atoms with Crippen molar-refractivity contribution in [2.24, 2.45) is 0 Å². The van der Waals surface area contributed by atoms with E-state index in [-0.39, 0.29) is 5.28 Å². The van der Waals surface area contributed by atoms with E-state index in [0.717, 1.165) is 11.1 Å². The Morgan fingerprint density at radius 1 is 0.421 bits per heavy atom. The molecule has 0 aliphatic carbocycles. The van der Waals surface area contributed by atoms with E-state index in [1.807, 2.05) is 0 Å². The fourth-order valence-electron chi connectivity index (χ4n) is 5.52. The molecule has 0 aliphatic rings. The topological polar surface area (TPSA) is 38.7 Å². The van der Waals surface area contributed by atoms with Crippen LogP contribution in [0, 0.1) is 0 Å². The van der Waals surface area contributed by atoms with Gasteiger partial charge in [-0.25, -0.2) is 4.98 Å². The van der Waals surface area contributed by atoms with Gasteiger partial charge < -0.3 is 0 Å². The van der Waals surface area contributed by atoms with Crippen LogP contribution in [-0.2, 0) is 0 Å². The summed E-state index contributed by atoms with van der Waals surface area (Å²) in [6.45, 7) is 0. The van der Waals surface area contributed by atoms with Crippen LogP contribution in [0.25, 0.3) is 75.3 Å². The molecule has 0 N–H and O–H groups in total. The van der Waals surface area contributed by atoms with E-state index in [1.54, 1.807) is 11.3 Å². The van der Waals surface area contributed by atoms with Gasteiger partial charge in [0.2, 0.25) is 5.28 Å². The average molecular weight is 524 g/mol. The number of hydrogen-bond acceptors (Lipinski definition) is 4. The molecule has 3 nitrogen and oxygen atoms in total. The number of halogens is 1. The molecule has 38 heavy (non-hydrogen) atoms. The van der Waals surface area contributed by atoms with Crippen molar-refractivity contribution in [2.75, 3.05) is 0 Å². The lowest BCUT2D eigenvalue weighted by atomic mass is 9.93. The Morgan fingerprint density at radius 3 is 1.55 bits per heavy atom. The number of rotatable bonds is 2. The van der Waals surface area contributed by atoms with E-state index in [4.69, 9.17) is 16.6 Å². The summed E-state index contributed by atoms with van der Waals surface area (Å²) in [4.78, 5) is 13.9. The van der Waals surface area contributed by atoms with Crippen molar-refractivity contribution >= 4 is 75.4 Å². The normalized spacial score (nSPS) is 11.8. The largest absolute Gasteiger partial charge is 0.226 e. The van der Waals surface area contributed by atoms with Crippen LogP contribution in [0.2, 0.25) is 5.28 Å². The standard InChI is InChI=1S/C33H18ClN3S/c34-33-36-31(35-32(37-33)20-14-16-30-28(18-20)26-11-5-6-12-29(26)38-30)19-13-15-25-23-9-2-1-7-21(23)22-8-3-4-10-24(22)27(25)17-19/h1-18H. The highest BCUT2D eigenvalue weighted by Crippen LogP contribution is 2.38. The highest BCUT2D eigenvalue weighted by atomic mass is 35.5. The Kier molecular flexibility index (Phi) is 4.75. The van der Waals surface area contributed by atoms with Crippen LogP contribution in [0.4, 0.5) is 0 Å². The van der Waals surface area contributed by atoms with Gasteiger partial charge in [-0.2, -0.15) is 9.97 Å². The predicted octanol–water partition coefficient (Wildman–Crippen LogP) is 9.69. The number of aromatic nitrogens is 3. The molecular formula is C33H18ClN3S. The number of hydrogen-bond donors (Lipinski definition) is 0. The first-order valence-electron chi connectivity index (χ1n) is 12.4. The maximum absolute atomic E-state index is 6.47. The zero-order valence-electron chi connectivity index (χ0n) is 20.0. The van der Waals surface area contributed by atoms with Crippen LogP contribution in [0.1, 0.15) is 0 Å². The van der Waals surface area contributed by atoms with E-state index in [9.17, 15) is 0 Å². The van der Waals surface area contributed by atoms with E-state index < -0.39 is 0 Å². The minimum atomic E-state index is 0.184. The average Bonchev–Trinajstić information content (AvgIpc) is 3.35. The number of thiophene rings is 1. The van der Waals surface area contributed by atoms with Crippen LogP contribution in [0.15, 0.2) is 109 Å². The Bertz CT molecular complexity index is 2180. The number of fused-ring (bicyclic) bond motifs is 9. The number of nitrogens with zero attached hydrogens (tertiary/aromatic N) is 3. The van der Waals surface area contributed by atoms with Crippen LogP contribution < -0.4 is 0 Å². The molecule has 5 heteroatoms. The summed E-state index contributed by atoms with van der Waals surface area (Å²) in [5.74, 6) is 1.13. The van der Waals surface area contributed by atoms with Crippen molar-refractivity contribution in [1.82, 2.24) is 15.0 Å². The SMILES string of the molecule is Clc1nc(-c2ccc3sc4ccccc4c3c2)nc(-c2ccc3c4ccccc4c4ccccc4c3c2)n1. The van der Waals surface area contributed by atoms with Gasteiger partial charge in [0.05, 0.1) is 0 Å². The molecule has 6 aromatic carbocycles. The molecule has 0 unspecified atom stereocenters. The van der Waals surface area contributed by atoms with Crippen molar-refractivity contribution < 1.29 is 0 Å². The van der Waals surface area contributed by atoms with Gasteiger partial charge in [0, 0.05) is 31.3 Å². The van der Waals surface area contributed by atoms with Crippen molar-refractivity contribution in [3.63, 3.8) is 0 Å². The monoisotopic (exact) mass is 523 g/mol. The summed E-state index contributed by atoms with van der Waals surface area (Å²) in [6.07, 6.45) is 0. The van der Waals surface area contributed by atoms with E-state index in [0.29, 0.717) is 11.6 Å². The maximum Gasteiger partial charge on any atom is 0.226 e. The summed E-state index contributed by atoms with van der Waals surface area (Å²) >= 11 is 8.27. The van der Waals surface area contributed by atoms with Gasteiger partial charge in [-0.3, -0.25) is 0 Å². The third kappa shape index (κ3) is 3.31. The first kappa shape index (κ1) is 21.7. The van der Waals surface area contributed by atoms with Gasteiger partial charge in [-0.1, -0.05) is 78.9 Å². The molecule has 178 valence electrons. The van der Waals surface area contributed by atoms with Gasteiger partial charge in [-0.15, -0.1) is 11.3 Å². The van der Waals surface area contributed by atoms with Gasteiger partial charge in [0.25, 0.3) is 0 Å². The van der Waals surface area contributed by atoms with Crippen molar-refractivity contribution in [3.05, 3.63) is 114 Å². The maximum atomic E-state index is 6.47. The molecule has 8 rings (SSSR count). The molecule has 0 radical (unpaired) electrons. The smallest absolute Gasteiger partial charge is 0.208 e.